The lowest BCUT2D eigenvalue weighted by Crippen LogP contribution is -2.27. The van der Waals surface area contributed by atoms with Gasteiger partial charge in [0.05, 0.1) is 27.9 Å². The zero-order valence-corrected chi connectivity index (χ0v) is 17.3. The first-order valence-electron chi connectivity index (χ1n) is 9.29. The van der Waals surface area contributed by atoms with Crippen molar-refractivity contribution in [3.05, 3.63) is 53.1 Å². The Morgan fingerprint density at radius 3 is 2.39 bits per heavy atom. The van der Waals surface area contributed by atoms with Crippen LogP contribution in [-0.4, -0.2) is 44.6 Å². The highest BCUT2D eigenvalue weighted by atomic mass is 32.2. The van der Waals surface area contributed by atoms with Gasteiger partial charge in [0.25, 0.3) is 0 Å². The van der Waals surface area contributed by atoms with E-state index in [1.807, 2.05) is 36.4 Å². The van der Waals surface area contributed by atoms with E-state index in [0.717, 1.165) is 29.5 Å². The van der Waals surface area contributed by atoms with Gasteiger partial charge in [-0.3, -0.25) is 4.79 Å². The Bertz CT molecular complexity index is 810. The molecule has 0 saturated heterocycles. The monoisotopic (exact) mass is 402 g/mol. The van der Waals surface area contributed by atoms with Crippen molar-refractivity contribution in [2.24, 2.45) is 5.92 Å². The molecule has 1 aliphatic carbocycles. The van der Waals surface area contributed by atoms with Gasteiger partial charge in [-0.1, -0.05) is 24.3 Å². The number of rotatable bonds is 8. The van der Waals surface area contributed by atoms with Gasteiger partial charge in [-0.15, -0.1) is 0 Å². The number of fused-ring (bicyclic) bond motifs is 1. The second kappa shape index (κ2) is 9.34. The average Bonchev–Trinajstić information content (AvgIpc) is 2.74. The molecule has 2 aromatic rings. The van der Waals surface area contributed by atoms with Gasteiger partial charge < -0.3 is 19.3 Å². The maximum atomic E-state index is 13.3. The van der Waals surface area contributed by atoms with Crippen LogP contribution in [0.5, 0.6) is 17.2 Å². The number of benzene rings is 2. The van der Waals surface area contributed by atoms with E-state index in [1.54, 1.807) is 33.1 Å². The quantitative estimate of drug-likeness (QED) is 0.722. The number of methoxy groups -OCH3 is 3. The van der Waals surface area contributed by atoms with E-state index in [-0.39, 0.29) is 23.6 Å². The summed E-state index contributed by atoms with van der Waals surface area (Å²) >= 11 is 1.59. The van der Waals surface area contributed by atoms with Gasteiger partial charge in [0, 0.05) is 22.5 Å². The lowest BCUT2D eigenvalue weighted by Gasteiger charge is -2.31. The fraction of sp³-hybridized carbons (Fsp3) is 0.409. The fourth-order valence-corrected chi connectivity index (χ4v) is 4.98. The molecule has 5 nitrogen and oxygen atoms in total. The summed E-state index contributed by atoms with van der Waals surface area (Å²) in [6, 6.07) is 11.6. The van der Waals surface area contributed by atoms with Crippen molar-refractivity contribution in [3.63, 3.8) is 0 Å². The third kappa shape index (κ3) is 3.98. The number of ether oxygens (including phenoxy) is 3. The highest BCUT2D eigenvalue weighted by molar-refractivity contribution is 7.99. The second-order valence-electron chi connectivity index (χ2n) is 6.64. The molecule has 28 heavy (non-hydrogen) atoms. The van der Waals surface area contributed by atoms with E-state index < -0.39 is 0 Å². The summed E-state index contributed by atoms with van der Waals surface area (Å²) in [4.78, 5) is 13.3. The minimum absolute atomic E-state index is 0.0586. The molecule has 0 radical (unpaired) electrons. The summed E-state index contributed by atoms with van der Waals surface area (Å²) in [6.07, 6.45) is 1.64. The van der Waals surface area contributed by atoms with Gasteiger partial charge >= 0.3 is 0 Å². The Hall–Kier alpha value is -2.18. The Morgan fingerprint density at radius 2 is 1.79 bits per heavy atom. The molecule has 1 N–H and O–H groups in total. The van der Waals surface area contributed by atoms with E-state index in [0.29, 0.717) is 23.0 Å². The van der Waals surface area contributed by atoms with Gasteiger partial charge in [-0.25, -0.2) is 0 Å². The number of ketones is 1. The van der Waals surface area contributed by atoms with Gasteiger partial charge in [-0.05, 0) is 36.1 Å². The van der Waals surface area contributed by atoms with Gasteiger partial charge in [0.1, 0.15) is 0 Å². The molecular formula is C22H26O5S. The molecular weight excluding hydrogens is 376 g/mol. The third-order valence-corrected chi connectivity index (χ3v) is 6.49. The van der Waals surface area contributed by atoms with E-state index in [1.165, 1.54) is 0 Å². The molecule has 2 aromatic carbocycles. The first-order valence-corrected chi connectivity index (χ1v) is 10.3. The molecule has 0 aromatic heterocycles. The van der Waals surface area contributed by atoms with Crippen molar-refractivity contribution in [2.75, 3.05) is 33.7 Å². The number of aliphatic hydroxyl groups excluding tert-OH is 1. The second-order valence-corrected chi connectivity index (χ2v) is 7.89. The Balaban J connectivity index is 2.03. The standard InChI is InChI=1S/C22H26O5S/c1-25-18-12-15(13-19(26-2)21(18)27-3)22(28-11-10-23)17-9-8-14-6-4-5-7-16(14)20(17)24/h4-7,12-13,17,22-23H,8-11H2,1-3H3. The predicted molar refractivity (Wildman–Crippen MR) is 111 cm³/mol. The van der Waals surface area contributed by atoms with Crippen LogP contribution in [0.25, 0.3) is 0 Å². The van der Waals surface area contributed by atoms with E-state index in [2.05, 4.69) is 0 Å². The number of carbonyl (C=O) groups excluding carboxylic acids is 1. The van der Waals surface area contributed by atoms with Crippen molar-refractivity contribution in [2.45, 2.75) is 18.1 Å². The van der Waals surface area contributed by atoms with Crippen LogP contribution >= 0.6 is 11.8 Å². The molecule has 0 amide bonds. The van der Waals surface area contributed by atoms with Crippen LogP contribution in [0.1, 0.15) is 33.2 Å². The lowest BCUT2D eigenvalue weighted by atomic mass is 9.79. The minimum Gasteiger partial charge on any atom is -0.493 e. The molecule has 0 bridgehead atoms. The number of thioether (sulfide) groups is 1. The first-order chi connectivity index (χ1) is 13.6. The van der Waals surface area contributed by atoms with Crippen LogP contribution in [0.2, 0.25) is 0 Å². The van der Waals surface area contributed by atoms with Crippen LogP contribution in [0.3, 0.4) is 0 Å². The van der Waals surface area contributed by atoms with Crippen molar-refractivity contribution < 1.29 is 24.1 Å². The van der Waals surface area contributed by atoms with Crippen LogP contribution < -0.4 is 14.2 Å². The summed E-state index contributed by atoms with van der Waals surface area (Å²) in [7, 11) is 4.73. The molecule has 6 heteroatoms. The van der Waals surface area contributed by atoms with Gasteiger partial charge in [0.2, 0.25) is 5.75 Å². The molecule has 0 aliphatic heterocycles. The molecule has 0 saturated carbocycles. The molecule has 0 fully saturated rings. The molecule has 2 atom stereocenters. The lowest BCUT2D eigenvalue weighted by molar-refractivity contribution is 0.0899. The van der Waals surface area contributed by atoms with Crippen LogP contribution in [0.4, 0.5) is 0 Å². The molecule has 1 aliphatic rings. The Kier molecular flexibility index (Phi) is 6.86. The van der Waals surface area contributed by atoms with E-state index >= 15 is 0 Å². The molecule has 0 heterocycles. The summed E-state index contributed by atoms with van der Waals surface area (Å²) in [6.45, 7) is 0.0586. The van der Waals surface area contributed by atoms with Crippen LogP contribution in [0.15, 0.2) is 36.4 Å². The topological polar surface area (TPSA) is 65.0 Å². The first kappa shape index (κ1) is 20.6. The van der Waals surface area contributed by atoms with Crippen molar-refractivity contribution in [1.82, 2.24) is 0 Å². The molecule has 0 spiro atoms. The van der Waals surface area contributed by atoms with Gasteiger partial charge in [0.15, 0.2) is 17.3 Å². The maximum Gasteiger partial charge on any atom is 0.203 e. The van der Waals surface area contributed by atoms with Crippen LogP contribution in [0, 0.1) is 5.92 Å². The summed E-state index contributed by atoms with van der Waals surface area (Å²) in [5.74, 6) is 2.19. The highest BCUT2D eigenvalue weighted by Gasteiger charge is 2.35. The van der Waals surface area contributed by atoms with Gasteiger partial charge in [-0.2, -0.15) is 11.8 Å². The average molecular weight is 403 g/mol. The van der Waals surface area contributed by atoms with Crippen molar-refractivity contribution in [1.29, 1.82) is 0 Å². The fourth-order valence-electron chi connectivity index (χ4n) is 3.80. The van der Waals surface area contributed by atoms with Crippen molar-refractivity contribution in [3.8, 4) is 17.2 Å². The number of hydrogen-bond donors (Lipinski definition) is 1. The maximum absolute atomic E-state index is 13.3. The predicted octanol–water partition coefficient (Wildman–Crippen LogP) is 3.92. The van der Waals surface area contributed by atoms with E-state index in [4.69, 9.17) is 14.2 Å². The Labute approximate surface area is 170 Å². The number of carbonyl (C=O) groups is 1. The zero-order valence-electron chi connectivity index (χ0n) is 16.4. The third-order valence-electron chi connectivity index (χ3n) is 5.11. The largest absolute Gasteiger partial charge is 0.493 e. The number of aliphatic hydroxyl groups is 1. The van der Waals surface area contributed by atoms with Crippen LogP contribution in [-0.2, 0) is 6.42 Å². The molecule has 2 unspecified atom stereocenters. The summed E-state index contributed by atoms with van der Waals surface area (Å²) in [5, 5.41) is 9.28. The normalized spacial score (nSPS) is 17.0. The van der Waals surface area contributed by atoms with Crippen molar-refractivity contribution >= 4 is 17.5 Å². The summed E-state index contributed by atoms with van der Waals surface area (Å²) in [5.41, 5.74) is 2.85. The number of hydrogen-bond acceptors (Lipinski definition) is 6. The zero-order chi connectivity index (χ0) is 20.1. The minimum atomic E-state index is -0.172. The highest BCUT2D eigenvalue weighted by Crippen LogP contribution is 2.47. The Morgan fingerprint density at radius 1 is 1.11 bits per heavy atom. The summed E-state index contributed by atoms with van der Waals surface area (Å²) < 4.78 is 16.4. The van der Waals surface area contributed by atoms with E-state index in [9.17, 15) is 9.90 Å². The molecule has 3 rings (SSSR count). The molecule has 150 valence electrons. The smallest absolute Gasteiger partial charge is 0.203 e. The number of aryl methyl sites for hydroxylation is 1. The SMILES string of the molecule is COc1cc(C(SCCO)C2CCc3ccccc3C2=O)cc(OC)c1OC. The number of Topliss-reactive ketones (excluding diaryl/α,β-unsaturated/α-hetero) is 1.